The average Bonchev–Trinajstić information content (AvgIpc) is 2.52. The highest BCUT2D eigenvalue weighted by atomic mass is 19.1. The summed E-state index contributed by atoms with van der Waals surface area (Å²) in [4.78, 5) is 0. The van der Waals surface area contributed by atoms with Gasteiger partial charge in [-0.25, -0.2) is 8.78 Å². The Balaban J connectivity index is 2.49. The van der Waals surface area contributed by atoms with Crippen LogP contribution in [0.1, 0.15) is 31.2 Å². The van der Waals surface area contributed by atoms with Gasteiger partial charge in [0, 0.05) is 11.1 Å². The van der Waals surface area contributed by atoms with E-state index in [1.807, 2.05) is 0 Å². The van der Waals surface area contributed by atoms with E-state index in [4.69, 9.17) is 5.73 Å². The summed E-state index contributed by atoms with van der Waals surface area (Å²) in [6.45, 7) is 0. The minimum atomic E-state index is -0.782. The van der Waals surface area contributed by atoms with Crippen molar-refractivity contribution in [3.05, 3.63) is 35.4 Å². The van der Waals surface area contributed by atoms with E-state index in [-0.39, 0.29) is 5.56 Å². The fraction of sp³-hybridized carbons (Fsp3) is 0.455. The van der Waals surface area contributed by atoms with Gasteiger partial charge in [0.15, 0.2) is 0 Å². The van der Waals surface area contributed by atoms with Crippen molar-refractivity contribution in [2.45, 2.75) is 31.2 Å². The molecule has 1 fully saturated rings. The largest absolute Gasteiger partial charge is 0.321 e. The monoisotopic (exact) mass is 197 g/mol. The third kappa shape index (κ3) is 1.42. The minimum absolute atomic E-state index is 0.0671. The van der Waals surface area contributed by atoms with Crippen LogP contribution in [0, 0.1) is 11.6 Å². The first kappa shape index (κ1) is 9.59. The van der Waals surface area contributed by atoms with E-state index in [1.165, 1.54) is 18.2 Å². The van der Waals surface area contributed by atoms with Crippen LogP contribution in [-0.2, 0) is 5.54 Å². The molecule has 2 N–H and O–H groups in total. The van der Waals surface area contributed by atoms with Crippen molar-refractivity contribution >= 4 is 0 Å². The molecule has 0 saturated heterocycles. The number of hydrogen-bond acceptors (Lipinski definition) is 1. The van der Waals surface area contributed by atoms with Gasteiger partial charge >= 0.3 is 0 Å². The van der Waals surface area contributed by atoms with Gasteiger partial charge in [-0.1, -0.05) is 18.9 Å². The van der Waals surface area contributed by atoms with Crippen LogP contribution in [0.15, 0.2) is 18.2 Å². The maximum Gasteiger partial charge on any atom is 0.131 e. The molecule has 0 amide bonds. The Kier molecular flexibility index (Phi) is 2.27. The van der Waals surface area contributed by atoms with Crippen molar-refractivity contribution in [1.82, 2.24) is 0 Å². The molecule has 0 aromatic heterocycles. The molecular weight excluding hydrogens is 184 g/mol. The second-order valence-corrected chi connectivity index (χ2v) is 3.96. The molecule has 0 heterocycles. The second kappa shape index (κ2) is 3.31. The summed E-state index contributed by atoms with van der Waals surface area (Å²) in [6, 6.07) is 3.91. The summed E-state index contributed by atoms with van der Waals surface area (Å²) in [5.41, 5.74) is 5.29. The first-order chi connectivity index (χ1) is 6.63. The number of benzene rings is 1. The molecule has 0 radical (unpaired) electrons. The molecule has 0 unspecified atom stereocenters. The zero-order valence-corrected chi connectivity index (χ0v) is 7.89. The van der Waals surface area contributed by atoms with Crippen LogP contribution in [0.25, 0.3) is 0 Å². The van der Waals surface area contributed by atoms with E-state index in [0.29, 0.717) is 12.8 Å². The van der Waals surface area contributed by atoms with E-state index in [9.17, 15) is 8.78 Å². The first-order valence-corrected chi connectivity index (χ1v) is 4.87. The molecule has 14 heavy (non-hydrogen) atoms. The molecule has 3 heteroatoms. The highest BCUT2D eigenvalue weighted by Gasteiger charge is 2.35. The topological polar surface area (TPSA) is 26.0 Å². The predicted octanol–water partition coefficient (Wildman–Crippen LogP) is 2.69. The van der Waals surface area contributed by atoms with Crippen molar-refractivity contribution in [2.75, 3.05) is 0 Å². The molecule has 1 aliphatic rings. The lowest BCUT2D eigenvalue weighted by Crippen LogP contribution is -2.35. The summed E-state index contributed by atoms with van der Waals surface area (Å²) < 4.78 is 26.9. The van der Waals surface area contributed by atoms with Crippen LogP contribution in [0.4, 0.5) is 8.78 Å². The van der Waals surface area contributed by atoms with Crippen molar-refractivity contribution in [2.24, 2.45) is 5.73 Å². The Bertz CT molecular complexity index is 323. The van der Waals surface area contributed by atoms with Crippen LogP contribution >= 0.6 is 0 Å². The van der Waals surface area contributed by atoms with Gasteiger partial charge in [-0.3, -0.25) is 0 Å². The second-order valence-electron chi connectivity index (χ2n) is 3.96. The standard InChI is InChI=1S/C11H13F2N/c12-8-4-3-5-9(13)10(8)11(14)6-1-2-7-11/h3-5H,1-2,6-7,14H2. The molecule has 1 aromatic carbocycles. The molecule has 1 aliphatic carbocycles. The predicted molar refractivity (Wildman–Crippen MR) is 50.7 cm³/mol. The molecule has 0 bridgehead atoms. The molecule has 76 valence electrons. The molecule has 1 saturated carbocycles. The van der Waals surface area contributed by atoms with Gasteiger partial charge in [0.2, 0.25) is 0 Å². The quantitative estimate of drug-likeness (QED) is 0.736. The van der Waals surface area contributed by atoms with Crippen LogP contribution in [0.3, 0.4) is 0 Å². The maximum atomic E-state index is 13.4. The van der Waals surface area contributed by atoms with E-state index in [2.05, 4.69) is 0 Å². The fourth-order valence-corrected chi connectivity index (χ4v) is 2.23. The zero-order valence-electron chi connectivity index (χ0n) is 7.89. The molecule has 1 nitrogen and oxygen atoms in total. The normalized spacial score (nSPS) is 19.9. The van der Waals surface area contributed by atoms with Gasteiger partial charge in [-0.2, -0.15) is 0 Å². The zero-order chi connectivity index (χ0) is 10.2. The maximum absolute atomic E-state index is 13.4. The Morgan fingerprint density at radius 3 is 2.07 bits per heavy atom. The average molecular weight is 197 g/mol. The lowest BCUT2D eigenvalue weighted by molar-refractivity contribution is 0.405. The van der Waals surface area contributed by atoms with Crippen LogP contribution in [0.5, 0.6) is 0 Å². The van der Waals surface area contributed by atoms with Gasteiger partial charge in [0.25, 0.3) is 0 Å². The van der Waals surface area contributed by atoms with Crippen molar-refractivity contribution in [1.29, 1.82) is 0 Å². The van der Waals surface area contributed by atoms with E-state index < -0.39 is 17.2 Å². The molecule has 0 spiro atoms. The fourth-order valence-electron chi connectivity index (χ4n) is 2.23. The third-order valence-corrected chi connectivity index (χ3v) is 2.96. The number of nitrogens with two attached hydrogens (primary N) is 1. The van der Waals surface area contributed by atoms with Gasteiger partial charge in [-0.15, -0.1) is 0 Å². The summed E-state index contributed by atoms with van der Waals surface area (Å²) in [6.07, 6.45) is 3.24. The van der Waals surface area contributed by atoms with Crippen LogP contribution < -0.4 is 5.73 Å². The van der Waals surface area contributed by atoms with Gasteiger partial charge < -0.3 is 5.73 Å². The number of hydrogen-bond donors (Lipinski definition) is 1. The van der Waals surface area contributed by atoms with E-state index in [1.54, 1.807) is 0 Å². The SMILES string of the molecule is NC1(c2c(F)cccc2F)CCCC1. The summed E-state index contributed by atoms with van der Waals surface area (Å²) in [7, 11) is 0. The van der Waals surface area contributed by atoms with Gasteiger partial charge in [-0.05, 0) is 25.0 Å². The van der Waals surface area contributed by atoms with Gasteiger partial charge in [0.1, 0.15) is 11.6 Å². The highest BCUT2D eigenvalue weighted by molar-refractivity contribution is 5.28. The third-order valence-electron chi connectivity index (χ3n) is 2.96. The Labute approximate surface area is 81.9 Å². The minimum Gasteiger partial charge on any atom is -0.321 e. The Morgan fingerprint density at radius 1 is 1.07 bits per heavy atom. The van der Waals surface area contributed by atoms with Gasteiger partial charge in [0.05, 0.1) is 0 Å². The van der Waals surface area contributed by atoms with E-state index >= 15 is 0 Å². The molecule has 2 rings (SSSR count). The highest BCUT2D eigenvalue weighted by Crippen LogP contribution is 2.38. The van der Waals surface area contributed by atoms with Crippen molar-refractivity contribution in [3.8, 4) is 0 Å². The number of halogens is 2. The summed E-state index contributed by atoms with van der Waals surface area (Å²) in [5, 5.41) is 0. The number of rotatable bonds is 1. The van der Waals surface area contributed by atoms with Crippen LogP contribution in [0.2, 0.25) is 0 Å². The summed E-state index contributed by atoms with van der Waals surface area (Å²) >= 11 is 0. The smallest absolute Gasteiger partial charge is 0.131 e. The lowest BCUT2D eigenvalue weighted by Gasteiger charge is -2.24. The summed E-state index contributed by atoms with van der Waals surface area (Å²) in [5.74, 6) is -1.04. The van der Waals surface area contributed by atoms with Crippen LogP contribution in [-0.4, -0.2) is 0 Å². The van der Waals surface area contributed by atoms with Crippen molar-refractivity contribution < 1.29 is 8.78 Å². The lowest BCUT2D eigenvalue weighted by atomic mass is 9.88. The Hall–Kier alpha value is -0.960. The molecule has 0 atom stereocenters. The molecule has 0 aliphatic heterocycles. The molecule has 1 aromatic rings. The van der Waals surface area contributed by atoms with E-state index in [0.717, 1.165) is 12.8 Å². The molecular formula is C11H13F2N. The first-order valence-electron chi connectivity index (χ1n) is 4.87. The Morgan fingerprint density at radius 2 is 1.57 bits per heavy atom. The van der Waals surface area contributed by atoms with Crippen molar-refractivity contribution in [3.63, 3.8) is 0 Å².